The number of aliphatic imine (C=N–C) groups is 1. The highest BCUT2D eigenvalue weighted by atomic mass is 127. The first-order valence-corrected chi connectivity index (χ1v) is 6.96. The summed E-state index contributed by atoms with van der Waals surface area (Å²) in [5, 5.41) is 7.11. The van der Waals surface area contributed by atoms with E-state index in [2.05, 4.69) is 25.3 Å². The summed E-state index contributed by atoms with van der Waals surface area (Å²) in [6, 6.07) is 0. The topological polar surface area (TPSA) is 75.8 Å². The summed E-state index contributed by atoms with van der Waals surface area (Å²) in [6.45, 7) is 5.38. The number of guanidine groups is 1. The predicted molar refractivity (Wildman–Crippen MR) is 91.1 cm³/mol. The van der Waals surface area contributed by atoms with Crippen LogP contribution in [0.1, 0.15) is 18.1 Å². The number of hydrogen-bond acceptors (Lipinski definition) is 5. The lowest BCUT2D eigenvalue weighted by molar-refractivity contribution is 0.157. The van der Waals surface area contributed by atoms with Gasteiger partial charge in [0.15, 0.2) is 11.8 Å². The zero-order chi connectivity index (χ0) is 14.4. The van der Waals surface area contributed by atoms with E-state index in [0.717, 1.165) is 38.6 Å². The van der Waals surface area contributed by atoms with Crippen LogP contribution in [0.25, 0.3) is 0 Å². The van der Waals surface area contributed by atoms with Crippen LogP contribution < -0.4 is 5.32 Å². The summed E-state index contributed by atoms with van der Waals surface area (Å²) in [5.74, 6) is 2.85. The zero-order valence-electron chi connectivity index (χ0n) is 12.8. The Kier molecular flexibility index (Phi) is 7.94. The van der Waals surface area contributed by atoms with Crippen molar-refractivity contribution in [3.63, 3.8) is 0 Å². The van der Waals surface area contributed by atoms with Crippen molar-refractivity contribution in [3.8, 4) is 0 Å². The minimum absolute atomic E-state index is 0. The second-order valence-corrected chi connectivity index (χ2v) is 5.02. The number of aromatic nitrogens is 2. The van der Waals surface area contributed by atoms with Crippen molar-refractivity contribution >= 4 is 29.9 Å². The zero-order valence-corrected chi connectivity index (χ0v) is 15.2. The number of nitrogens with one attached hydrogen (secondary N) is 1. The van der Waals surface area contributed by atoms with Gasteiger partial charge in [0.05, 0.1) is 6.61 Å². The average molecular weight is 409 g/mol. The number of halogens is 1. The molecule has 120 valence electrons. The number of ether oxygens (including phenoxy) is 1. The van der Waals surface area contributed by atoms with Crippen molar-refractivity contribution in [3.05, 3.63) is 11.7 Å². The molecule has 1 aliphatic heterocycles. The standard InChI is InChI=1S/C13H23N5O2.HI/c1-10-16-12(20-17-10)4-6-15-13(14-2)18-7-5-11(8-18)9-19-3;/h11H,4-9H2,1-3H3,(H,14,15);1H. The molecule has 7 nitrogen and oxygen atoms in total. The first-order valence-electron chi connectivity index (χ1n) is 6.96. The molecule has 21 heavy (non-hydrogen) atoms. The van der Waals surface area contributed by atoms with Crippen LogP contribution in [0, 0.1) is 12.8 Å². The Balaban J connectivity index is 0.00000220. The number of hydrogen-bond donors (Lipinski definition) is 1. The maximum atomic E-state index is 5.21. The van der Waals surface area contributed by atoms with Gasteiger partial charge >= 0.3 is 0 Å². The summed E-state index contributed by atoms with van der Waals surface area (Å²) in [5.41, 5.74) is 0. The van der Waals surface area contributed by atoms with Gasteiger partial charge in [-0.1, -0.05) is 5.16 Å². The van der Waals surface area contributed by atoms with Crippen LogP contribution in [0.4, 0.5) is 0 Å². The Hall–Kier alpha value is -0.900. The summed E-state index contributed by atoms with van der Waals surface area (Å²) < 4.78 is 10.3. The third-order valence-electron chi connectivity index (χ3n) is 3.39. The van der Waals surface area contributed by atoms with Gasteiger partial charge in [-0.3, -0.25) is 4.99 Å². The monoisotopic (exact) mass is 409 g/mol. The molecular weight excluding hydrogens is 385 g/mol. The first-order chi connectivity index (χ1) is 9.72. The largest absolute Gasteiger partial charge is 0.384 e. The molecule has 2 heterocycles. The lowest BCUT2D eigenvalue weighted by Crippen LogP contribution is -2.41. The molecule has 8 heteroatoms. The second-order valence-electron chi connectivity index (χ2n) is 5.02. The molecule has 1 saturated heterocycles. The summed E-state index contributed by atoms with van der Waals surface area (Å²) in [4.78, 5) is 10.8. The van der Waals surface area contributed by atoms with Crippen LogP contribution in [0.15, 0.2) is 9.52 Å². The quantitative estimate of drug-likeness (QED) is 0.446. The van der Waals surface area contributed by atoms with Crippen molar-refractivity contribution in [2.24, 2.45) is 10.9 Å². The highest BCUT2D eigenvalue weighted by Crippen LogP contribution is 2.16. The third kappa shape index (κ3) is 5.42. The molecule has 1 fully saturated rings. The SMILES string of the molecule is CN=C(NCCc1nc(C)no1)N1CCC(COC)C1.I. The Morgan fingerprint density at radius 2 is 2.38 bits per heavy atom. The van der Waals surface area contributed by atoms with Gasteiger partial charge in [0, 0.05) is 46.1 Å². The maximum absolute atomic E-state index is 5.21. The van der Waals surface area contributed by atoms with Crippen LogP contribution >= 0.6 is 24.0 Å². The van der Waals surface area contributed by atoms with E-state index < -0.39 is 0 Å². The molecule has 0 spiro atoms. The van der Waals surface area contributed by atoms with E-state index in [1.807, 2.05) is 14.0 Å². The van der Waals surface area contributed by atoms with Crippen molar-refractivity contribution in [2.45, 2.75) is 19.8 Å². The Morgan fingerprint density at radius 1 is 1.57 bits per heavy atom. The predicted octanol–water partition coefficient (Wildman–Crippen LogP) is 1.08. The molecule has 2 rings (SSSR count). The molecule has 1 aliphatic rings. The molecule has 1 aromatic heterocycles. The van der Waals surface area contributed by atoms with E-state index in [9.17, 15) is 0 Å². The van der Waals surface area contributed by atoms with E-state index in [0.29, 0.717) is 24.1 Å². The molecule has 1 unspecified atom stereocenters. The van der Waals surface area contributed by atoms with Crippen molar-refractivity contribution in [2.75, 3.05) is 40.4 Å². The normalized spacial score (nSPS) is 18.7. The lowest BCUT2D eigenvalue weighted by Gasteiger charge is -2.21. The van der Waals surface area contributed by atoms with Crippen LogP contribution in [-0.2, 0) is 11.2 Å². The second kappa shape index (κ2) is 9.19. The molecule has 0 aromatic carbocycles. The van der Waals surface area contributed by atoms with E-state index in [1.165, 1.54) is 0 Å². The lowest BCUT2D eigenvalue weighted by atomic mass is 10.1. The van der Waals surface area contributed by atoms with Gasteiger partial charge in [0.25, 0.3) is 0 Å². The van der Waals surface area contributed by atoms with E-state index in [4.69, 9.17) is 9.26 Å². The van der Waals surface area contributed by atoms with Gasteiger partial charge in [0.1, 0.15) is 0 Å². The number of likely N-dealkylation sites (tertiary alicyclic amines) is 1. The first kappa shape index (κ1) is 18.1. The van der Waals surface area contributed by atoms with Gasteiger partial charge in [-0.05, 0) is 13.3 Å². The maximum Gasteiger partial charge on any atom is 0.228 e. The van der Waals surface area contributed by atoms with E-state index in [-0.39, 0.29) is 24.0 Å². The fraction of sp³-hybridized carbons (Fsp3) is 0.769. The van der Waals surface area contributed by atoms with Crippen LogP contribution in [0.5, 0.6) is 0 Å². The molecule has 0 bridgehead atoms. The van der Waals surface area contributed by atoms with Gasteiger partial charge in [-0.2, -0.15) is 4.98 Å². The average Bonchev–Trinajstić information content (AvgIpc) is 3.05. The molecule has 0 aliphatic carbocycles. The van der Waals surface area contributed by atoms with Gasteiger partial charge in [0.2, 0.25) is 5.89 Å². The van der Waals surface area contributed by atoms with Crippen molar-refractivity contribution < 1.29 is 9.26 Å². The summed E-state index contributed by atoms with van der Waals surface area (Å²) in [6.07, 6.45) is 1.85. The van der Waals surface area contributed by atoms with Gasteiger partial charge in [-0.15, -0.1) is 24.0 Å². The Bertz CT molecular complexity index is 452. The summed E-state index contributed by atoms with van der Waals surface area (Å²) in [7, 11) is 3.56. The fourth-order valence-corrected chi connectivity index (χ4v) is 2.45. The third-order valence-corrected chi connectivity index (χ3v) is 3.39. The molecule has 1 aromatic rings. The molecule has 0 saturated carbocycles. The summed E-state index contributed by atoms with van der Waals surface area (Å²) >= 11 is 0. The minimum Gasteiger partial charge on any atom is -0.384 e. The number of methoxy groups -OCH3 is 1. The number of nitrogens with zero attached hydrogens (tertiary/aromatic N) is 4. The van der Waals surface area contributed by atoms with E-state index in [1.54, 1.807) is 7.11 Å². The van der Waals surface area contributed by atoms with Crippen molar-refractivity contribution in [1.29, 1.82) is 0 Å². The molecule has 1 N–H and O–H groups in total. The van der Waals surface area contributed by atoms with Crippen molar-refractivity contribution in [1.82, 2.24) is 20.4 Å². The highest BCUT2D eigenvalue weighted by molar-refractivity contribution is 14.0. The molecule has 1 atom stereocenters. The highest BCUT2D eigenvalue weighted by Gasteiger charge is 2.24. The molecule has 0 amide bonds. The molecule has 0 radical (unpaired) electrons. The van der Waals surface area contributed by atoms with E-state index >= 15 is 0 Å². The van der Waals surface area contributed by atoms with Gasteiger partial charge < -0.3 is 19.5 Å². The van der Waals surface area contributed by atoms with Crippen LogP contribution in [-0.4, -0.2) is 61.4 Å². The Morgan fingerprint density at radius 3 is 3.00 bits per heavy atom. The fourth-order valence-electron chi connectivity index (χ4n) is 2.45. The van der Waals surface area contributed by atoms with Gasteiger partial charge in [-0.25, -0.2) is 0 Å². The van der Waals surface area contributed by atoms with Crippen LogP contribution in [0.3, 0.4) is 0 Å². The number of aryl methyl sites for hydroxylation is 1. The molecular formula is C13H24IN5O2. The number of rotatable bonds is 5. The van der Waals surface area contributed by atoms with Crippen LogP contribution in [0.2, 0.25) is 0 Å². The minimum atomic E-state index is 0. The Labute approximate surface area is 142 Å². The smallest absolute Gasteiger partial charge is 0.228 e.